The van der Waals surface area contributed by atoms with Crippen LogP contribution in [-0.4, -0.2) is 37.0 Å². The first-order valence-corrected chi connectivity index (χ1v) is 9.68. The molecule has 1 fully saturated rings. The minimum atomic E-state index is -0.358. The van der Waals surface area contributed by atoms with Gasteiger partial charge in [0.05, 0.1) is 24.0 Å². The number of anilines is 2. The molecule has 148 valence electrons. The lowest BCUT2D eigenvalue weighted by Gasteiger charge is -2.21. The van der Waals surface area contributed by atoms with E-state index in [0.29, 0.717) is 23.4 Å². The van der Waals surface area contributed by atoms with E-state index in [1.54, 1.807) is 24.3 Å². The van der Waals surface area contributed by atoms with Crippen molar-refractivity contribution in [1.82, 2.24) is 4.90 Å². The van der Waals surface area contributed by atoms with Crippen molar-refractivity contribution in [3.63, 3.8) is 0 Å². The van der Waals surface area contributed by atoms with Crippen LogP contribution in [0.2, 0.25) is 0 Å². The molecule has 2 aromatic carbocycles. The van der Waals surface area contributed by atoms with E-state index in [1.165, 1.54) is 20.0 Å². The van der Waals surface area contributed by atoms with E-state index in [4.69, 9.17) is 10.5 Å². The van der Waals surface area contributed by atoms with E-state index in [9.17, 15) is 9.59 Å². The van der Waals surface area contributed by atoms with Gasteiger partial charge in [0.25, 0.3) is 5.91 Å². The zero-order valence-electron chi connectivity index (χ0n) is 16.2. The molecular weight excluding hydrogens is 354 g/mol. The molecule has 1 heterocycles. The van der Waals surface area contributed by atoms with Gasteiger partial charge in [-0.1, -0.05) is 25.0 Å². The Bertz CT molecular complexity index is 825. The van der Waals surface area contributed by atoms with Crippen LogP contribution in [0, 0.1) is 0 Å². The molecule has 0 radical (unpaired) electrons. The highest BCUT2D eigenvalue weighted by atomic mass is 16.5. The Kier molecular flexibility index (Phi) is 6.53. The lowest BCUT2D eigenvalue weighted by atomic mass is 10.1. The highest BCUT2D eigenvalue weighted by molar-refractivity contribution is 5.96. The fourth-order valence-electron chi connectivity index (χ4n) is 3.37. The van der Waals surface area contributed by atoms with Gasteiger partial charge in [-0.2, -0.15) is 0 Å². The third kappa shape index (κ3) is 4.82. The first kappa shape index (κ1) is 19.7. The second-order valence-corrected chi connectivity index (χ2v) is 7.05. The molecule has 0 aromatic heterocycles. The van der Waals surface area contributed by atoms with Gasteiger partial charge in [-0.15, -0.1) is 0 Å². The molecule has 0 atom stereocenters. The molecule has 3 N–H and O–H groups in total. The number of methoxy groups -OCH3 is 1. The lowest BCUT2D eigenvalue weighted by molar-refractivity contribution is 0.0600. The Labute approximate surface area is 165 Å². The molecule has 28 heavy (non-hydrogen) atoms. The number of nitrogens with two attached hydrogens (primary N) is 1. The number of amides is 1. The minimum absolute atomic E-state index is 0.0624. The number of esters is 1. The van der Waals surface area contributed by atoms with Crippen LogP contribution in [0.3, 0.4) is 0 Å². The monoisotopic (exact) mass is 381 g/mol. The molecule has 0 bridgehead atoms. The van der Waals surface area contributed by atoms with Crippen molar-refractivity contribution >= 4 is 23.3 Å². The summed E-state index contributed by atoms with van der Waals surface area (Å²) in [5.74, 6) is -0.295. The highest BCUT2D eigenvalue weighted by Gasteiger charge is 2.18. The van der Waals surface area contributed by atoms with Crippen molar-refractivity contribution in [2.75, 3.05) is 31.2 Å². The van der Waals surface area contributed by atoms with Crippen molar-refractivity contribution in [3.8, 4) is 0 Å². The molecule has 3 rings (SSSR count). The molecule has 6 nitrogen and oxygen atoms in total. The van der Waals surface area contributed by atoms with E-state index < -0.39 is 0 Å². The molecule has 1 amide bonds. The summed E-state index contributed by atoms with van der Waals surface area (Å²) >= 11 is 0. The zero-order chi connectivity index (χ0) is 19.9. The van der Waals surface area contributed by atoms with Crippen molar-refractivity contribution in [2.45, 2.75) is 32.2 Å². The number of benzene rings is 2. The van der Waals surface area contributed by atoms with Crippen LogP contribution in [0.1, 0.15) is 52.0 Å². The number of hydrogen-bond donors (Lipinski definition) is 2. The second kappa shape index (κ2) is 9.26. The Hall–Kier alpha value is -3.02. The van der Waals surface area contributed by atoms with Crippen LogP contribution in [-0.2, 0) is 11.3 Å². The van der Waals surface area contributed by atoms with Gasteiger partial charge < -0.3 is 20.7 Å². The van der Waals surface area contributed by atoms with Gasteiger partial charge in [0.1, 0.15) is 0 Å². The van der Waals surface area contributed by atoms with Crippen LogP contribution in [0.4, 0.5) is 11.4 Å². The first-order valence-electron chi connectivity index (χ1n) is 9.68. The number of nitrogens with one attached hydrogen (secondary N) is 1. The molecule has 0 saturated carbocycles. The zero-order valence-corrected chi connectivity index (χ0v) is 16.2. The number of carbonyl (C=O) groups is 2. The molecule has 6 heteroatoms. The second-order valence-electron chi connectivity index (χ2n) is 7.05. The summed E-state index contributed by atoms with van der Waals surface area (Å²) in [6.07, 6.45) is 4.50. The van der Waals surface area contributed by atoms with Crippen LogP contribution < -0.4 is 11.1 Å². The maximum atomic E-state index is 12.8. The third-order valence-electron chi connectivity index (χ3n) is 5.05. The Morgan fingerprint density at radius 2 is 1.64 bits per heavy atom. The number of carbonyl (C=O) groups excluding carboxylic acids is 2. The maximum Gasteiger partial charge on any atom is 0.337 e. The fraction of sp³-hybridized carbons (Fsp3) is 0.364. The van der Waals surface area contributed by atoms with E-state index in [0.717, 1.165) is 37.2 Å². The molecular formula is C22H27N3O3. The van der Waals surface area contributed by atoms with Crippen LogP contribution in [0.25, 0.3) is 0 Å². The summed E-state index contributed by atoms with van der Waals surface area (Å²) in [4.78, 5) is 26.3. The summed E-state index contributed by atoms with van der Waals surface area (Å²) in [5, 5.41) is 3.29. The molecule has 1 saturated heterocycles. The molecule has 1 aliphatic rings. The number of rotatable bonds is 5. The molecule has 0 aliphatic carbocycles. The normalized spacial score (nSPS) is 14.2. The Balaban J connectivity index is 1.67. The standard InChI is InChI=1S/C22H27N3O3/c1-28-22(27)17-8-6-16(7-9-17)15-24-20-14-18(10-11-19(20)23)21(26)25-12-4-2-3-5-13-25/h6-11,14,24H,2-5,12-13,15,23H2,1H3. The largest absolute Gasteiger partial charge is 0.465 e. The van der Waals surface area contributed by atoms with Gasteiger partial charge >= 0.3 is 5.97 Å². The van der Waals surface area contributed by atoms with Gasteiger partial charge in [-0.3, -0.25) is 4.79 Å². The average molecular weight is 381 g/mol. The summed E-state index contributed by atoms with van der Waals surface area (Å²) in [6, 6.07) is 12.6. The van der Waals surface area contributed by atoms with Crippen LogP contribution in [0.15, 0.2) is 42.5 Å². The third-order valence-corrected chi connectivity index (χ3v) is 5.05. The van der Waals surface area contributed by atoms with Gasteiger partial charge in [0, 0.05) is 25.2 Å². The summed E-state index contributed by atoms with van der Waals surface area (Å²) in [7, 11) is 1.36. The van der Waals surface area contributed by atoms with E-state index in [1.807, 2.05) is 23.1 Å². The van der Waals surface area contributed by atoms with Crippen molar-refractivity contribution in [3.05, 3.63) is 59.2 Å². The number of hydrogen-bond acceptors (Lipinski definition) is 5. The predicted octanol–water partition coefficient (Wildman–Crippen LogP) is 3.68. The smallest absolute Gasteiger partial charge is 0.337 e. The van der Waals surface area contributed by atoms with Gasteiger partial charge in [0.15, 0.2) is 0 Å². The SMILES string of the molecule is COC(=O)c1ccc(CNc2cc(C(=O)N3CCCCCC3)ccc2N)cc1. The Morgan fingerprint density at radius 1 is 1.00 bits per heavy atom. The summed E-state index contributed by atoms with van der Waals surface area (Å²) in [5.41, 5.74) is 9.58. The molecule has 1 aliphatic heterocycles. The van der Waals surface area contributed by atoms with E-state index in [2.05, 4.69) is 5.32 Å². The number of nitrogen functional groups attached to an aromatic ring is 1. The van der Waals surface area contributed by atoms with Crippen LogP contribution in [0.5, 0.6) is 0 Å². The maximum absolute atomic E-state index is 12.8. The summed E-state index contributed by atoms with van der Waals surface area (Å²) < 4.78 is 4.71. The minimum Gasteiger partial charge on any atom is -0.465 e. The molecule has 0 unspecified atom stereocenters. The topological polar surface area (TPSA) is 84.7 Å². The highest BCUT2D eigenvalue weighted by Crippen LogP contribution is 2.23. The van der Waals surface area contributed by atoms with Gasteiger partial charge in [-0.25, -0.2) is 4.79 Å². The first-order chi connectivity index (χ1) is 13.6. The van der Waals surface area contributed by atoms with Gasteiger partial charge in [0.2, 0.25) is 0 Å². The number of ether oxygens (including phenoxy) is 1. The molecule has 0 spiro atoms. The van der Waals surface area contributed by atoms with E-state index in [-0.39, 0.29) is 11.9 Å². The van der Waals surface area contributed by atoms with E-state index >= 15 is 0 Å². The van der Waals surface area contributed by atoms with Crippen molar-refractivity contribution in [1.29, 1.82) is 0 Å². The Morgan fingerprint density at radius 3 is 2.29 bits per heavy atom. The molecule has 2 aromatic rings. The van der Waals surface area contributed by atoms with Crippen LogP contribution >= 0.6 is 0 Å². The fourth-order valence-corrected chi connectivity index (χ4v) is 3.37. The quantitative estimate of drug-likeness (QED) is 0.610. The van der Waals surface area contributed by atoms with Gasteiger partial charge in [-0.05, 0) is 48.7 Å². The lowest BCUT2D eigenvalue weighted by Crippen LogP contribution is -2.31. The summed E-state index contributed by atoms with van der Waals surface area (Å²) in [6.45, 7) is 2.17. The number of nitrogens with zero attached hydrogens (tertiary/aromatic N) is 1. The predicted molar refractivity (Wildman–Crippen MR) is 110 cm³/mol. The number of likely N-dealkylation sites (tertiary alicyclic amines) is 1. The van der Waals surface area contributed by atoms with Crippen molar-refractivity contribution < 1.29 is 14.3 Å². The average Bonchev–Trinajstić information content (AvgIpc) is 3.02. The van der Waals surface area contributed by atoms with Crippen molar-refractivity contribution in [2.24, 2.45) is 0 Å².